The van der Waals surface area contributed by atoms with Gasteiger partial charge in [0, 0.05) is 0 Å². The predicted octanol–water partition coefficient (Wildman–Crippen LogP) is 9.51. The van der Waals surface area contributed by atoms with Crippen LogP contribution in [0.3, 0.4) is 0 Å². The molecule has 4 aromatic carbocycles. The van der Waals surface area contributed by atoms with Crippen LogP contribution in [0, 0.1) is 0 Å². The van der Waals surface area contributed by atoms with Gasteiger partial charge in [0.15, 0.2) is 0 Å². The first kappa shape index (κ1) is 34.1. The summed E-state index contributed by atoms with van der Waals surface area (Å²) in [6, 6.07) is 37.1. The van der Waals surface area contributed by atoms with Gasteiger partial charge in [0.05, 0.1) is 0 Å². The van der Waals surface area contributed by atoms with E-state index in [0.29, 0.717) is 0 Å². The zero-order chi connectivity index (χ0) is 28.6. The van der Waals surface area contributed by atoms with Crippen LogP contribution in [0.1, 0.15) is 0 Å². The molecule has 222 valence electrons. The van der Waals surface area contributed by atoms with Crippen LogP contribution in [0.4, 0.5) is 0 Å². The second-order valence-corrected chi connectivity index (χ2v) is 35.1. The van der Waals surface area contributed by atoms with Gasteiger partial charge >= 0.3 is 285 Å². The molecule has 0 spiro atoms. The van der Waals surface area contributed by atoms with Gasteiger partial charge in [-0.3, -0.25) is 0 Å². The fourth-order valence-electron chi connectivity index (χ4n) is 4.47. The molecule has 0 aliphatic carbocycles. The average Bonchev–Trinajstić information content (AvgIpc) is 3.04. The molecule has 0 saturated carbocycles. The van der Waals surface area contributed by atoms with Crippen molar-refractivity contribution >= 4 is 96.0 Å². The van der Waals surface area contributed by atoms with E-state index in [9.17, 15) is 0 Å². The number of hydrogen-bond donors (Lipinski definition) is 0. The van der Waals surface area contributed by atoms with E-state index in [4.69, 9.17) is 18.4 Å². The third-order valence-electron chi connectivity index (χ3n) is 6.70. The van der Waals surface area contributed by atoms with E-state index in [1.165, 1.54) is 40.8 Å². The molecule has 0 aromatic heterocycles. The summed E-state index contributed by atoms with van der Waals surface area (Å²) in [6.45, 7) is 0. The molecule has 10 heteroatoms. The molecule has 40 heavy (non-hydrogen) atoms. The molecule has 0 saturated heterocycles. The van der Waals surface area contributed by atoms with Crippen LogP contribution in [0.15, 0.2) is 117 Å². The van der Waals surface area contributed by atoms with Crippen molar-refractivity contribution in [3.63, 3.8) is 0 Å². The van der Waals surface area contributed by atoms with E-state index in [0.717, 1.165) is 12.3 Å². The Hall–Kier alpha value is 1.20. The van der Waals surface area contributed by atoms with E-state index >= 15 is 0 Å². The molecular formula is C30H32Au2Cl2P2S4. The maximum absolute atomic E-state index is 7.20. The summed E-state index contributed by atoms with van der Waals surface area (Å²) in [5.41, 5.74) is 0. The summed E-state index contributed by atoms with van der Waals surface area (Å²) in [5.74, 6) is 0. The van der Waals surface area contributed by atoms with Gasteiger partial charge in [0.25, 0.3) is 0 Å². The molecule has 0 amide bonds. The van der Waals surface area contributed by atoms with E-state index in [2.05, 4.69) is 122 Å². The Labute approximate surface area is 281 Å². The molecule has 0 aliphatic heterocycles. The SMILES string of the molecule is CSc1ccc([P](CC[P](=[Au][Cl])(c2ccc(SC)cc2)c2ccc(SC)cc2)(=[Au][Cl])c2ccc(SC)cc2)cc1. The third kappa shape index (κ3) is 7.70. The van der Waals surface area contributed by atoms with Crippen LogP contribution in [-0.2, 0) is 35.3 Å². The molecule has 4 aromatic rings. The van der Waals surface area contributed by atoms with Crippen molar-refractivity contribution in [2.75, 3.05) is 37.3 Å². The monoisotopic (exact) mass is 1050 g/mol. The van der Waals surface area contributed by atoms with Crippen molar-refractivity contribution in [2.45, 2.75) is 19.6 Å². The first-order chi connectivity index (χ1) is 19.5. The van der Waals surface area contributed by atoms with Crippen LogP contribution >= 0.6 is 74.8 Å². The van der Waals surface area contributed by atoms with Gasteiger partial charge in [-0.15, -0.1) is 0 Å². The summed E-state index contributed by atoms with van der Waals surface area (Å²) in [5, 5.41) is 5.72. The third-order valence-corrected chi connectivity index (χ3v) is 38.2. The van der Waals surface area contributed by atoms with Gasteiger partial charge in [-0.05, 0) is 0 Å². The van der Waals surface area contributed by atoms with Crippen molar-refractivity contribution < 1.29 is 35.3 Å². The van der Waals surface area contributed by atoms with Gasteiger partial charge in [-0.1, -0.05) is 0 Å². The Balaban J connectivity index is 1.88. The summed E-state index contributed by atoms with van der Waals surface area (Å²) in [6.07, 6.45) is 10.7. The fraction of sp³-hybridized carbons (Fsp3) is 0.200. The number of hydrogen-bond acceptors (Lipinski definition) is 4. The van der Waals surface area contributed by atoms with Gasteiger partial charge in [-0.25, -0.2) is 0 Å². The van der Waals surface area contributed by atoms with Crippen LogP contribution < -0.4 is 21.2 Å². The first-order valence-corrected chi connectivity index (χ1v) is 31.9. The number of thioether (sulfide) groups is 4. The molecule has 0 radical (unpaired) electrons. The van der Waals surface area contributed by atoms with Crippen molar-refractivity contribution in [3.8, 4) is 0 Å². The van der Waals surface area contributed by atoms with E-state index in [1.54, 1.807) is 47.0 Å². The molecule has 0 fully saturated rings. The fourth-order valence-corrected chi connectivity index (χ4v) is 32.2. The van der Waals surface area contributed by atoms with E-state index < -0.39 is 44.7 Å². The van der Waals surface area contributed by atoms with Crippen LogP contribution in [0.5, 0.6) is 0 Å². The van der Waals surface area contributed by atoms with Crippen molar-refractivity contribution in [1.29, 1.82) is 0 Å². The van der Waals surface area contributed by atoms with Crippen molar-refractivity contribution in [1.82, 2.24) is 0 Å². The van der Waals surface area contributed by atoms with Gasteiger partial charge in [0.1, 0.15) is 0 Å². The summed E-state index contributed by atoms with van der Waals surface area (Å²) in [4.78, 5) is 5.17. The molecular weight excluding hydrogens is 1020 g/mol. The zero-order valence-corrected chi connectivity index (χ0v) is 33.4. The molecule has 0 N–H and O–H groups in total. The van der Waals surface area contributed by atoms with E-state index in [-0.39, 0.29) is 0 Å². The molecule has 0 heterocycles. The second-order valence-electron chi connectivity index (χ2n) is 8.66. The van der Waals surface area contributed by atoms with E-state index in [1.807, 2.05) is 0 Å². The predicted molar refractivity (Wildman–Crippen MR) is 187 cm³/mol. The summed E-state index contributed by atoms with van der Waals surface area (Å²) in [7, 11) is 14.4. The minimum absolute atomic E-state index is 0.457. The number of rotatable bonds is 11. The van der Waals surface area contributed by atoms with Crippen LogP contribution in [-0.4, -0.2) is 37.3 Å². The van der Waals surface area contributed by atoms with Crippen molar-refractivity contribution in [3.05, 3.63) is 97.1 Å². The zero-order valence-electron chi connectivity index (χ0n) is 22.5. The molecule has 0 aliphatic rings. The molecule has 0 nitrogen and oxygen atoms in total. The van der Waals surface area contributed by atoms with Crippen molar-refractivity contribution in [2.24, 2.45) is 0 Å². The normalized spacial score (nSPS) is 12.2. The van der Waals surface area contributed by atoms with Crippen LogP contribution in [0.2, 0.25) is 0 Å². The van der Waals surface area contributed by atoms with Gasteiger partial charge in [-0.2, -0.15) is 0 Å². The van der Waals surface area contributed by atoms with Gasteiger partial charge < -0.3 is 0 Å². The Morgan fingerprint density at radius 3 is 0.775 bits per heavy atom. The maximum atomic E-state index is 7.20. The molecule has 0 atom stereocenters. The Bertz CT molecular complexity index is 1290. The Morgan fingerprint density at radius 1 is 0.425 bits per heavy atom. The molecule has 0 unspecified atom stereocenters. The number of halogens is 2. The molecule has 0 bridgehead atoms. The first-order valence-electron chi connectivity index (χ1n) is 12.3. The average molecular weight is 1050 g/mol. The quantitative estimate of drug-likeness (QED) is 0.0835. The minimum atomic E-state index is -1.80. The van der Waals surface area contributed by atoms with Gasteiger partial charge in [0.2, 0.25) is 0 Å². The standard InChI is InChI=1S/C30H32P2S4.2Au.2ClH/c1-33-27-13-5-23(6-14-27)31(24-7-15-28(34-2)16-8-24)21-22-32(25-9-17-29(35-3)18-10-25)26-11-19-30(36-4)20-12-26;;;;/h5-20H,21-22H2,1-4H3;;;2*1H/q;2*+1;;/p-2. The van der Waals surface area contributed by atoms with Crippen LogP contribution in [0.25, 0.3) is 0 Å². The Morgan fingerprint density at radius 2 is 0.625 bits per heavy atom. The Kier molecular flexibility index (Phi) is 14.1. The molecule has 4 rings (SSSR count). The summed E-state index contributed by atoms with van der Waals surface area (Å²) < 4.78 is -3.61. The number of benzene rings is 4. The topological polar surface area (TPSA) is 0 Å². The second kappa shape index (κ2) is 16.5. The summed E-state index contributed by atoms with van der Waals surface area (Å²) >= 11 is 6.25.